The summed E-state index contributed by atoms with van der Waals surface area (Å²) in [4.78, 5) is 39.4. The summed E-state index contributed by atoms with van der Waals surface area (Å²) < 4.78 is 0. The Morgan fingerprint density at radius 1 is 1.08 bits per heavy atom. The molecule has 25 heavy (non-hydrogen) atoms. The zero-order valence-corrected chi connectivity index (χ0v) is 13.4. The molecule has 0 spiro atoms. The molecule has 0 saturated carbocycles. The molecule has 0 aliphatic rings. The van der Waals surface area contributed by atoms with E-state index in [9.17, 15) is 14.4 Å². The number of carbonyl (C=O) groups is 3. The molecule has 1 aromatic heterocycles. The molecule has 0 unspecified atom stereocenters. The highest BCUT2D eigenvalue weighted by molar-refractivity contribution is 5.99. The van der Waals surface area contributed by atoms with Gasteiger partial charge in [-0.25, -0.2) is 0 Å². The number of benzene rings is 1. The van der Waals surface area contributed by atoms with Gasteiger partial charge in [0.15, 0.2) is 0 Å². The van der Waals surface area contributed by atoms with Crippen LogP contribution in [0.2, 0.25) is 0 Å². The number of rotatable bonds is 7. The smallest absolute Gasteiger partial charge is 0.270 e. The van der Waals surface area contributed by atoms with Gasteiger partial charge in [-0.2, -0.15) is 0 Å². The standard InChI is InChI=1S/C18H18N4O3/c1-12(13-7-3-2-4-8-13)16(17(19)24)22-15(23)11-21-18(25)14-9-5-6-10-20-14/h2-10,16H,1,11H2,(H2,19,24)(H,21,25)(H,22,23)/t16-/m0/s1. The third-order valence-corrected chi connectivity index (χ3v) is 3.39. The lowest BCUT2D eigenvalue weighted by Gasteiger charge is -2.18. The van der Waals surface area contributed by atoms with Crippen molar-refractivity contribution < 1.29 is 14.4 Å². The van der Waals surface area contributed by atoms with Crippen molar-refractivity contribution >= 4 is 23.3 Å². The molecular weight excluding hydrogens is 320 g/mol. The van der Waals surface area contributed by atoms with Crippen molar-refractivity contribution in [2.24, 2.45) is 5.73 Å². The molecule has 7 heteroatoms. The van der Waals surface area contributed by atoms with Crippen LogP contribution >= 0.6 is 0 Å². The Balaban J connectivity index is 1.95. The van der Waals surface area contributed by atoms with E-state index >= 15 is 0 Å². The van der Waals surface area contributed by atoms with E-state index in [2.05, 4.69) is 22.2 Å². The highest BCUT2D eigenvalue weighted by atomic mass is 16.2. The van der Waals surface area contributed by atoms with Gasteiger partial charge in [0, 0.05) is 6.20 Å². The normalized spacial score (nSPS) is 11.2. The fourth-order valence-electron chi connectivity index (χ4n) is 2.11. The Labute approximate surface area is 144 Å². The second-order valence-electron chi connectivity index (χ2n) is 5.19. The number of aromatic nitrogens is 1. The predicted octanol–water partition coefficient (Wildman–Crippen LogP) is 0.495. The van der Waals surface area contributed by atoms with Crippen LogP contribution in [-0.4, -0.2) is 35.3 Å². The Morgan fingerprint density at radius 2 is 1.76 bits per heavy atom. The molecule has 2 rings (SSSR count). The fourth-order valence-corrected chi connectivity index (χ4v) is 2.11. The van der Waals surface area contributed by atoms with E-state index in [-0.39, 0.29) is 12.2 Å². The van der Waals surface area contributed by atoms with Crippen LogP contribution in [0.3, 0.4) is 0 Å². The predicted molar refractivity (Wildman–Crippen MR) is 93.2 cm³/mol. The quantitative estimate of drug-likeness (QED) is 0.682. The van der Waals surface area contributed by atoms with Crippen molar-refractivity contribution in [2.75, 3.05) is 6.54 Å². The number of hydrogen-bond donors (Lipinski definition) is 3. The lowest BCUT2D eigenvalue weighted by Crippen LogP contribution is -2.48. The molecule has 128 valence electrons. The number of nitrogens with two attached hydrogens (primary N) is 1. The zero-order valence-electron chi connectivity index (χ0n) is 13.4. The summed E-state index contributed by atoms with van der Waals surface area (Å²) in [6.07, 6.45) is 1.47. The van der Waals surface area contributed by atoms with Gasteiger partial charge in [0.1, 0.15) is 11.7 Å². The van der Waals surface area contributed by atoms with Gasteiger partial charge >= 0.3 is 0 Å². The van der Waals surface area contributed by atoms with Crippen molar-refractivity contribution in [1.82, 2.24) is 15.6 Å². The number of nitrogens with one attached hydrogen (secondary N) is 2. The number of nitrogens with zero attached hydrogens (tertiary/aromatic N) is 1. The molecule has 0 fully saturated rings. The van der Waals surface area contributed by atoms with E-state index < -0.39 is 23.8 Å². The Kier molecular flexibility index (Phi) is 6.00. The largest absolute Gasteiger partial charge is 0.368 e. The maximum atomic E-state index is 12.0. The number of carbonyl (C=O) groups excluding carboxylic acids is 3. The minimum atomic E-state index is -1.07. The Hall–Kier alpha value is -3.48. The van der Waals surface area contributed by atoms with Crippen LogP contribution in [0.25, 0.3) is 5.57 Å². The maximum Gasteiger partial charge on any atom is 0.270 e. The summed E-state index contributed by atoms with van der Waals surface area (Å²) >= 11 is 0. The molecule has 4 N–H and O–H groups in total. The third-order valence-electron chi connectivity index (χ3n) is 3.39. The van der Waals surface area contributed by atoms with Crippen LogP contribution in [0, 0.1) is 0 Å². The Morgan fingerprint density at radius 3 is 2.36 bits per heavy atom. The molecule has 7 nitrogen and oxygen atoms in total. The van der Waals surface area contributed by atoms with Crippen molar-refractivity contribution in [3.63, 3.8) is 0 Å². The Bertz CT molecular complexity index is 775. The van der Waals surface area contributed by atoms with Gasteiger partial charge in [-0.15, -0.1) is 0 Å². The molecule has 3 amide bonds. The van der Waals surface area contributed by atoms with E-state index in [1.807, 2.05) is 6.07 Å². The van der Waals surface area contributed by atoms with Crippen LogP contribution in [0.1, 0.15) is 16.1 Å². The van der Waals surface area contributed by atoms with Crippen LogP contribution in [-0.2, 0) is 9.59 Å². The first-order valence-corrected chi connectivity index (χ1v) is 7.51. The van der Waals surface area contributed by atoms with E-state index in [1.54, 1.807) is 36.4 Å². The van der Waals surface area contributed by atoms with E-state index in [4.69, 9.17) is 5.73 Å². The van der Waals surface area contributed by atoms with Gasteiger partial charge in [0.25, 0.3) is 5.91 Å². The monoisotopic (exact) mass is 338 g/mol. The number of hydrogen-bond acceptors (Lipinski definition) is 4. The van der Waals surface area contributed by atoms with Crippen molar-refractivity contribution in [1.29, 1.82) is 0 Å². The molecule has 0 bridgehead atoms. The van der Waals surface area contributed by atoms with Gasteiger partial charge in [-0.3, -0.25) is 19.4 Å². The highest BCUT2D eigenvalue weighted by Crippen LogP contribution is 2.15. The molecular formula is C18H18N4O3. The van der Waals surface area contributed by atoms with Gasteiger partial charge < -0.3 is 16.4 Å². The maximum absolute atomic E-state index is 12.0. The average Bonchev–Trinajstić information content (AvgIpc) is 2.64. The van der Waals surface area contributed by atoms with Crippen molar-refractivity contribution in [2.45, 2.75) is 6.04 Å². The fraction of sp³-hybridized carbons (Fsp3) is 0.111. The van der Waals surface area contributed by atoms with E-state index in [0.717, 1.165) is 0 Å². The molecule has 1 atom stereocenters. The molecule has 0 radical (unpaired) electrons. The highest BCUT2D eigenvalue weighted by Gasteiger charge is 2.22. The first-order chi connectivity index (χ1) is 12.0. The molecule has 0 aliphatic carbocycles. The van der Waals surface area contributed by atoms with Crippen LogP contribution in [0.15, 0.2) is 61.3 Å². The molecule has 0 aliphatic heterocycles. The summed E-state index contributed by atoms with van der Waals surface area (Å²) in [5.74, 6) is -1.79. The van der Waals surface area contributed by atoms with Gasteiger partial charge in [0.2, 0.25) is 11.8 Å². The summed E-state index contributed by atoms with van der Waals surface area (Å²) in [6, 6.07) is 12.7. The third kappa shape index (κ3) is 5.00. The summed E-state index contributed by atoms with van der Waals surface area (Å²) in [7, 11) is 0. The lowest BCUT2D eigenvalue weighted by molar-refractivity contribution is -0.125. The SMILES string of the molecule is C=C(c1ccccc1)[C@H](NC(=O)CNC(=O)c1ccccn1)C(N)=O. The lowest BCUT2D eigenvalue weighted by atomic mass is 10.00. The minimum Gasteiger partial charge on any atom is -0.368 e. The van der Waals surface area contributed by atoms with E-state index in [0.29, 0.717) is 11.1 Å². The first kappa shape index (κ1) is 17.9. The summed E-state index contributed by atoms with van der Waals surface area (Å²) in [5.41, 5.74) is 6.61. The topological polar surface area (TPSA) is 114 Å². The first-order valence-electron chi connectivity index (χ1n) is 7.51. The molecule has 2 aromatic rings. The van der Waals surface area contributed by atoms with Crippen LogP contribution in [0.5, 0.6) is 0 Å². The minimum absolute atomic E-state index is 0.190. The van der Waals surface area contributed by atoms with Crippen molar-refractivity contribution in [3.05, 3.63) is 72.6 Å². The molecule has 1 aromatic carbocycles. The van der Waals surface area contributed by atoms with Gasteiger partial charge in [-0.1, -0.05) is 43.0 Å². The van der Waals surface area contributed by atoms with Crippen molar-refractivity contribution in [3.8, 4) is 0 Å². The van der Waals surface area contributed by atoms with Gasteiger partial charge in [-0.05, 0) is 23.3 Å². The second-order valence-corrected chi connectivity index (χ2v) is 5.19. The molecule has 0 saturated heterocycles. The summed E-state index contributed by atoms with van der Waals surface area (Å²) in [5, 5.41) is 4.90. The number of amides is 3. The number of primary amides is 1. The van der Waals surface area contributed by atoms with E-state index in [1.165, 1.54) is 12.3 Å². The van der Waals surface area contributed by atoms with Crippen LogP contribution < -0.4 is 16.4 Å². The number of pyridine rings is 1. The average molecular weight is 338 g/mol. The van der Waals surface area contributed by atoms with Gasteiger partial charge in [0.05, 0.1) is 6.54 Å². The second kappa shape index (κ2) is 8.39. The summed E-state index contributed by atoms with van der Waals surface area (Å²) in [6.45, 7) is 3.51. The molecule has 1 heterocycles. The zero-order chi connectivity index (χ0) is 18.2. The van der Waals surface area contributed by atoms with Crippen LogP contribution in [0.4, 0.5) is 0 Å².